The monoisotopic (exact) mass is 343 g/mol. The minimum absolute atomic E-state index is 0.0360. The molecule has 1 spiro atoms. The van der Waals surface area contributed by atoms with Crippen molar-refractivity contribution in [1.29, 1.82) is 0 Å². The van der Waals surface area contributed by atoms with Crippen LogP contribution in [0.4, 0.5) is 0 Å². The van der Waals surface area contributed by atoms with Crippen LogP contribution in [0.2, 0.25) is 0 Å². The molecule has 3 saturated carbocycles. The molecular formula is C21H29NO3. The van der Waals surface area contributed by atoms with Crippen LogP contribution < -0.4 is 0 Å². The van der Waals surface area contributed by atoms with Gasteiger partial charge in [-0.25, -0.2) is 0 Å². The molecule has 4 nitrogen and oxygen atoms in total. The lowest BCUT2D eigenvalue weighted by Crippen LogP contribution is -2.60. The quantitative estimate of drug-likeness (QED) is 0.726. The van der Waals surface area contributed by atoms with E-state index in [1.807, 2.05) is 6.20 Å². The Bertz CT molecular complexity index is 745. The molecule has 136 valence electrons. The van der Waals surface area contributed by atoms with Gasteiger partial charge in [-0.3, -0.25) is 0 Å². The van der Waals surface area contributed by atoms with Crippen LogP contribution in [-0.2, 0) is 11.2 Å². The van der Waals surface area contributed by atoms with Gasteiger partial charge >= 0.3 is 0 Å². The van der Waals surface area contributed by atoms with Gasteiger partial charge in [-0.1, -0.05) is 25.9 Å². The van der Waals surface area contributed by atoms with Crippen LogP contribution in [-0.4, -0.2) is 22.0 Å². The normalized spacial score (nSPS) is 58.6. The maximum absolute atomic E-state index is 10.7. The zero-order chi connectivity index (χ0) is 17.2. The Kier molecular flexibility index (Phi) is 2.64. The molecule has 4 heteroatoms. The first-order valence-electron chi connectivity index (χ1n) is 10.2. The van der Waals surface area contributed by atoms with E-state index in [1.54, 1.807) is 0 Å². The van der Waals surface area contributed by atoms with Gasteiger partial charge in [0.05, 0.1) is 12.3 Å². The van der Waals surface area contributed by atoms with Gasteiger partial charge in [0.1, 0.15) is 11.7 Å². The highest BCUT2D eigenvalue weighted by molar-refractivity contribution is 5.37. The Morgan fingerprint density at radius 2 is 2.04 bits per heavy atom. The minimum Gasteiger partial charge on any atom is -0.393 e. The van der Waals surface area contributed by atoms with Crippen LogP contribution in [0.3, 0.4) is 0 Å². The molecule has 0 amide bonds. The Labute approximate surface area is 149 Å². The SMILES string of the molecule is CC1CC2C3CCC(O)C3(C)CCC2C2(C)Cc3cnoc3C3O[C@]132. The third-order valence-electron chi connectivity index (χ3n) is 9.57. The first-order chi connectivity index (χ1) is 11.9. The van der Waals surface area contributed by atoms with Crippen LogP contribution in [0.15, 0.2) is 10.7 Å². The van der Waals surface area contributed by atoms with E-state index in [4.69, 9.17) is 9.26 Å². The predicted molar refractivity (Wildman–Crippen MR) is 91.7 cm³/mol. The lowest BCUT2D eigenvalue weighted by molar-refractivity contribution is -0.136. The fraction of sp³-hybridized carbons (Fsp3) is 0.857. The van der Waals surface area contributed by atoms with Crippen LogP contribution in [0.5, 0.6) is 0 Å². The van der Waals surface area contributed by atoms with E-state index < -0.39 is 0 Å². The molecule has 25 heavy (non-hydrogen) atoms. The molecule has 0 aromatic carbocycles. The zero-order valence-electron chi connectivity index (χ0n) is 15.5. The molecule has 1 N–H and O–H groups in total. The van der Waals surface area contributed by atoms with Gasteiger partial charge in [-0.2, -0.15) is 0 Å². The van der Waals surface area contributed by atoms with Crippen molar-refractivity contribution in [2.24, 2.45) is 34.5 Å². The molecule has 8 unspecified atom stereocenters. The predicted octanol–water partition coefficient (Wildman–Crippen LogP) is 3.89. The summed E-state index contributed by atoms with van der Waals surface area (Å²) in [5, 5.41) is 14.7. The Morgan fingerprint density at radius 3 is 2.88 bits per heavy atom. The van der Waals surface area contributed by atoms with Crippen molar-refractivity contribution in [3.63, 3.8) is 0 Å². The van der Waals surface area contributed by atoms with E-state index in [9.17, 15) is 5.11 Å². The molecule has 1 aromatic heterocycles. The van der Waals surface area contributed by atoms with Crippen molar-refractivity contribution >= 4 is 0 Å². The Morgan fingerprint density at radius 1 is 1.20 bits per heavy atom. The van der Waals surface area contributed by atoms with Gasteiger partial charge in [-0.05, 0) is 67.6 Å². The third-order valence-corrected chi connectivity index (χ3v) is 9.57. The summed E-state index contributed by atoms with van der Waals surface area (Å²) >= 11 is 0. The molecule has 6 rings (SSSR count). The van der Waals surface area contributed by atoms with Crippen molar-refractivity contribution in [3.8, 4) is 0 Å². The summed E-state index contributed by atoms with van der Waals surface area (Å²) in [5.74, 6) is 3.65. The van der Waals surface area contributed by atoms with E-state index in [0.717, 1.165) is 24.5 Å². The van der Waals surface area contributed by atoms with E-state index in [0.29, 0.717) is 17.8 Å². The summed E-state index contributed by atoms with van der Waals surface area (Å²) in [7, 11) is 0. The third kappa shape index (κ3) is 1.49. The minimum atomic E-state index is -0.0987. The summed E-state index contributed by atoms with van der Waals surface area (Å²) in [6.45, 7) is 7.25. The van der Waals surface area contributed by atoms with E-state index in [2.05, 4.69) is 25.9 Å². The number of epoxide rings is 1. The molecule has 0 radical (unpaired) electrons. The van der Waals surface area contributed by atoms with Crippen LogP contribution in [0.1, 0.15) is 70.3 Å². The smallest absolute Gasteiger partial charge is 0.171 e. The second kappa shape index (κ2) is 4.33. The largest absolute Gasteiger partial charge is 0.393 e. The average molecular weight is 343 g/mol. The lowest BCUT2D eigenvalue weighted by atomic mass is 9.43. The van der Waals surface area contributed by atoms with Gasteiger partial charge in [0.15, 0.2) is 5.76 Å². The maximum atomic E-state index is 10.7. The maximum Gasteiger partial charge on any atom is 0.171 e. The first kappa shape index (κ1) is 15.2. The number of aromatic nitrogens is 1. The van der Waals surface area contributed by atoms with E-state index in [-0.39, 0.29) is 28.6 Å². The molecule has 4 aliphatic carbocycles. The molecule has 2 heterocycles. The van der Waals surface area contributed by atoms with E-state index in [1.165, 1.54) is 31.2 Å². The second-order valence-electron chi connectivity index (χ2n) is 10.3. The van der Waals surface area contributed by atoms with Crippen molar-refractivity contribution < 1.29 is 14.4 Å². The highest BCUT2D eigenvalue weighted by Crippen LogP contribution is 2.76. The van der Waals surface area contributed by atoms with Gasteiger partial charge in [0, 0.05) is 11.0 Å². The second-order valence-corrected chi connectivity index (χ2v) is 10.3. The summed E-state index contributed by atoms with van der Waals surface area (Å²) < 4.78 is 12.1. The number of nitrogens with zero attached hydrogens (tertiary/aromatic N) is 1. The van der Waals surface area contributed by atoms with Crippen molar-refractivity contribution in [2.45, 2.75) is 77.1 Å². The molecule has 5 aliphatic rings. The van der Waals surface area contributed by atoms with Crippen molar-refractivity contribution in [1.82, 2.24) is 5.16 Å². The lowest BCUT2D eigenvalue weighted by Gasteiger charge is -2.60. The Balaban J connectivity index is 1.45. The molecule has 1 aliphatic heterocycles. The number of aliphatic hydroxyl groups excluding tert-OH is 1. The summed E-state index contributed by atoms with van der Waals surface area (Å²) in [6.07, 6.45) is 8.84. The van der Waals surface area contributed by atoms with Crippen molar-refractivity contribution in [2.75, 3.05) is 0 Å². The molecule has 4 fully saturated rings. The fourth-order valence-corrected chi connectivity index (χ4v) is 8.32. The van der Waals surface area contributed by atoms with Crippen LogP contribution in [0.25, 0.3) is 0 Å². The summed E-state index contributed by atoms with van der Waals surface area (Å²) in [5.41, 5.74) is 1.55. The molecular weight excluding hydrogens is 314 g/mol. The number of ether oxygens (including phenoxy) is 1. The topological polar surface area (TPSA) is 58.8 Å². The summed E-state index contributed by atoms with van der Waals surface area (Å²) in [6, 6.07) is 0. The average Bonchev–Trinajstić information content (AvgIpc) is 3.07. The van der Waals surface area contributed by atoms with Gasteiger partial charge in [0.2, 0.25) is 0 Å². The molecule has 1 saturated heterocycles. The van der Waals surface area contributed by atoms with Gasteiger partial charge in [0.25, 0.3) is 0 Å². The molecule has 1 aromatic rings. The van der Waals surface area contributed by atoms with E-state index >= 15 is 0 Å². The van der Waals surface area contributed by atoms with Gasteiger partial charge < -0.3 is 14.4 Å². The standard InChI is InChI=1S/C21H29NO3/c1-11-8-13-14-4-5-16(23)19(14,2)7-6-15(13)20(3)9-12-10-22-25-17(12)18-21(11,20)24-18/h10-11,13-16,18,23H,4-9H2,1-3H3/t11?,13?,14?,15?,16?,18?,19?,20?,21-/m1/s1. The highest BCUT2D eigenvalue weighted by Gasteiger charge is 2.78. The van der Waals surface area contributed by atoms with Crippen LogP contribution in [0, 0.1) is 34.5 Å². The number of hydrogen-bond donors (Lipinski definition) is 1. The fourth-order valence-electron chi connectivity index (χ4n) is 8.32. The Hall–Kier alpha value is -0.870. The number of rotatable bonds is 0. The number of fused-ring (bicyclic) bond motifs is 6. The summed E-state index contributed by atoms with van der Waals surface area (Å²) in [4.78, 5) is 0. The van der Waals surface area contributed by atoms with Crippen molar-refractivity contribution in [3.05, 3.63) is 17.5 Å². The zero-order valence-corrected chi connectivity index (χ0v) is 15.5. The first-order valence-corrected chi connectivity index (χ1v) is 10.2. The van der Waals surface area contributed by atoms with Crippen LogP contribution >= 0.6 is 0 Å². The number of hydrogen-bond acceptors (Lipinski definition) is 4. The van der Waals surface area contributed by atoms with Gasteiger partial charge in [-0.15, -0.1) is 0 Å². The molecule has 9 atom stereocenters. The highest BCUT2D eigenvalue weighted by atomic mass is 16.6. The molecule has 0 bridgehead atoms. The number of aliphatic hydroxyl groups is 1.